The van der Waals surface area contributed by atoms with Crippen LogP contribution in [-0.2, 0) is 11.4 Å². The summed E-state index contributed by atoms with van der Waals surface area (Å²) in [4.78, 5) is 29.3. The van der Waals surface area contributed by atoms with Gasteiger partial charge in [-0.3, -0.25) is 9.69 Å². The van der Waals surface area contributed by atoms with Gasteiger partial charge in [0.25, 0.3) is 5.91 Å². The maximum absolute atomic E-state index is 13.3. The number of para-hydroxylation sites is 1. The number of nitrogens with zero attached hydrogens (tertiary/aromatic N) is 2. The number of urea groups is 1. The molecule has 0 N–H and O–H groups in total. The molecule has 0 saturated carbocycles. The number of amides is 3. The normalized spacial score (nSPS) is 19.3. The van der Waals surface area contributed by atoms with Gasteiger partial charge < -0.3 is 9.47 Å². The fraction of sp³-hybridized carbons (Fsp3) is 0.200. The zero-order chi connectivity index (χ0) is 24.7. The van der Waals surface area contributed by atoms with Gasteiger partial charge in [-0.05, 0) is 42.0 Å². The van der Waals surface area contributed by atoms with Crippen molar-refractivity contribution < 1.29 is 19.1 Å². The summed E-state index contributed by atoms with van der Waals surface area (Å²) in [6.07, 6.45) is 0. The van der Waals surface area contributed by atoms with Crippen molar-refractivity contribution in [1.29, 1.82) is 0 Å². The number of rotatable bonds is 6. The molecule has 35 heavy (non-hydrogen) atoms. The average Bonchev–Trinajstić information content (AvgIpc) is 3.38. The lowest BCUT2D eigenvalue weighted by molar-refractivity contribution is -0.119. The van der Waals surface area contributed by atoms with Gasteiger partial charge in [0.1, 0.15) is 23.8 Å². The Morgan fingerprint density at radius 2 is 1.71 bits per heavy atom. The molecule has 3 amide bonds. The van der Waals surface area contributed by atoms with E-state index in [1.165, 1.54) is 4.90 Å². The van der Waals surface area contributed by atoms with Gasteiger partial charge in [0.05, 0.1) is 22.8 Å². The molecule has 3 aromatic carbocycles. The van der Waals surface area contributed by atoms with Crippen molar-refractivity contribution in [2.24, 2.45) is 0 Å². The summed E-state index contributed by atoms with van der Waals surface area (Å²) in [5.41, 5.74) is 2.18. The molecule has 2 aliphatic heterocycles. The van der Waals surface area contributed by atoms with Crippen molar-refractivity contribution >= 4 is 64.2 Å². The number of fused-ring (bicyclic) bond motifs is 1. The second kappa shape index (κ2) is 9.82. The number of thioether (sulfide) groups is 1. The highest BCUT2D eigenvalue weighted by atomic mass is 35.5. The number of halogens is 3. The molecule has 0 aliphatic carbocycles. The predicted octanol–water partition coefficient (Wildman–Crippen LogP) is 6.82. The molecule has 3 aromatic rings. The minimum Gasteiger partial charge on any atom is -0.496 e. The highest BCUT2D eigenvalue weighted by molar-refractivity contribution is 7.99. The van der Waals surface area contributed by atoms with E-state index in [0.717, 1.165) is 11.1 Å². The Morgan fingerprint density at radius 1 is 1.00 bits per heavy atom. The van der Waals surface area contributed by atoms with Gasteiger partial charge in [0.15, 0.2) is 5.75 Å². The molecule has 2 aliphatic rings. The third kappa shape index (κ3) is 4.42. The van der Waals surface area contributed by atoms with Crippen molar-refractivity contribution in [2.45, 2.75) is 18.0 Å². The van der Waals surface area contributed by atoms with Crippen LogP contribution < -0.4 is 14.4 Å². The standard InChI is InChI=1S/C25H19Cl3N2O4S/c1-33-21-8-7-14(9-15(21)12-34-22-18(27)10-16(26)11-19(22)28)24-30-20(13-35-24)23(31)29(25(30)32)17-5-3-2-4-6-17/h2-11,20,24H,12-13H2,1H3/t20-,24-/m1/s1. The van der Waals surface area contributed by atoms with E-state index in [2.05, 4.69) is 0 Å². The summed E-state index contributed by atoms with van der Waals surface area (Å²) in [7, 11) is 1.57. The third-order valence-electron chi connectivity index (χ3n) is 5.86. The first kappa shape index (κ1) is 24.1. The minimum atomic E-state index is -0.508. The van der Waals surface area contributed by atoms with E-state index < -0.39 is 6.04 Å². The van der Waals surface area contributed by atoms with E-state index in [1.807, 2.05) is 24.3 Å². The van der Waals surface area contributed by atoms with Crippen LogP contribution in [0.15, 0.2) is 60.7 Å². The van der Waals surface area contributed by atoms with E-state index in [1.54, 1.807) is 60.2 Å². The van der Waals surface area contributed by atoms with Crippen LogP contribution in [-0.4, -0.2) is 35.7 Å². The largest absolute Gasteiger partial charge is 0.496 e. The molecule has 10 heteroatoms. The zero-order valence-electron chi connectivity index (χ0n) is 18.4. The van der Waals surface area contributed by atoms with Crippen LogP contribution in [0.3, 0.4) is 0 Å². The first-order chi connectivity index (χ1) is 16.9. The lowest BCUT2D eigenvalue weighted by Gasteiger charge is -2.24. The lowest BCUT2D eigenvalue weighted by Crippen LogP contribution is -2.33. The molecule has 2 atom stereocenters. The number of imide groups is 1. The Balaban J connectivity index is 1.42. The first-order valence-corrected chi connectivity index (χ1v) is 12.8. The van der Waals surface area contributed by atoms with E-state index >= 15 is 0 Å². The van der Waals surface area contributed by atoms with Crippen molar-refractivity contribution in [3.8, 4) is 11.5 Å². The van der Waals surface area contributed by atoms with Gasteiger partial charge in [0, 0.05) is 16.3 Å². The number of carbonyl (C=O) groups is 2. The fourth-order valence-electron chi connectivity index (χ4n) is 4.24. The second-order valence-corrected chi connectivity index (χ2v) is 10.3. The molecule has 2 fully saturated rings. The van der Waals surface area contributed by atoms with Crippen LogP contribution in [0.1, 0.15) is 16.5 Å². The summed E-state index contributed by atoms with van der Waals surface area (Å²) in [5.74, 6) is 1.25. The van der Waals surface area contributed by atoms with Gasteiger partial charge in [-0.1, -0.05) is 59.1 Å². The Labute approximate surface area is 221 Å². The highest BCUT2D eigenvalue weighted by Crippen LogP contribution is 2.47. The molecule has 2 heterocycles. The smallest absolute Gasteiger partial charge is 0.333 e. The quantitative estimate of drug-likeness (QED) is 0.316. The summed E-state index contributed by atoms with van der Waals surface area (Å²) < 4.78 is 11.4. The summed E-state index contributed by atoms with van der Waals surface area (Å²) >= 11 is 20.1. The highest BCUT2D eigenvalue weighted by Gasteiger charge is 2.53. The predicted molar refractivity (Wildman–Crippen MR) is 139 cm³/mol. The van der Waals surface area contributed by atoms with E-state index in [9.17, 15) is 9.59 Å². The number of hydrogen-bond acceptors (Lipinski definition) is 5. The first-order valence-electron chi connectivity index (χ1n) is 10.7. The molecule has 180 valence electrons. The Morgan fingerprint density at radius 3 is 2.40 bits per heavy atom. The van der Waals surface area contributed by atoms with Crippen LogP contribution in [0.4, 0.5) is 10.5 Å². The molecule has 6 nitrogen and oxygen atoms in total. The van der Waals surface area contributed by atoms with E-state index in [4.69, 9.17) is 44.3 Å². The SMILES string of the molecule is COc1ccc([C@H]2SC[C@@H]3C(=O)N(c4ccccc4)C(=O)N32)cc1COc1c(Cl)cc(Cl)cc1Cl. The Kier molecular flexibility index (Phi) is 6.77. The van der Waals surface area contributed by atoms with Crippen molar-refractivity contribution in [2.75, 3.05) is 17.8 Å². The van der Waals surface area contributed by atoms with Gasteiger partial charge in [-0.2, -0.15) is 0 Å². The summed E-state index contributed by atoms with van der Waals surface area (Å²) in [6, 6.07) is 16.9. The molecule has 0 aromatic heterocycles. The number of hydrogen-bond donors (Lipinski definition) is 0. The lowest BCUT2D eigenvalue weighted by atomic mass is 10.1. The molecule has 0 unspecified atom stereocenters. The maximum Gasteiger partial charge on any atom is 0.333 e. The van der Waals surface area contributed by atoms with Crippen LogP contribution in [0.2, 0.25) is 15.1 Å². The molecule has 0 bridgehead atoms. The van der Waals surface area contributed by atoms with Gasteiger partial charge in [0.2, 0.25) is 0 Å². The number of anilines is 1. The number of carbonyl (C=O) groups excluding carboxylic acids is 2. The summed E-state index contributed by atoms with van der Waals surface area (Å²) in [6.45, 7) is 0.127. The monoisotopic (exact) mass is 548 g/mol. The maximum atomic E-state index is 13.3. The van der Waals surface area contributed by atoms with Crippen LogP contribution >= 0.6 is 46.6 Å². The van der Waals surface area contributed by atoms with Crippen LogP contribution in [0.25, 0.3) is 0 Å². The number of ether oxygens (including phenoxy) is 2. The molecule has 2 saturated heterocycles. The molecular formula is C25H19Cl3N2O4S. The van der Waals surface area contributed by atoms with Crippen molar-refractivity contribution in [3.05, 3.63) is 86.9 Å². The minimum absolute atomic E-state index is 0.127. The fourth-order valence-corrected chi connectivity index (χ4v) is 6.57. The van der Waals surface area contributed by atoms with E-state index in [-0.39, 0.29) is 23.9 Å². The molecule has 0 radical (unpaired) electrons. The van der Waals surface area contributed by atoms with Gasteiger partial charge in [-0.25, -0.2) is 9.69 Å². The number of benzene rings is 3. The van der Waals surface area contributed by atoms with Crippen molar-refractivity contribution in [1.82, 2.24) is 4.90 Å². The third-order valence-corrected chi connectivity index (χ3v) is 7.96. The Hall–Kier alpha value is -2.58. The van der Waals surface area contributed by atoms with Crippen LogP contribution in [0, 0.1) is 0 Å². The van der Waals surface area contributed by atoms with Crippen LogP contribution in [0.5, 0.6) is 11.5 Å². The van der Waals surface area contributed by atoms with Gasteiger partial charge in [-0.15, -0.1) is 11.8 Å². The Bertz CT molecular complexity index is 1280. The van der Waals surface area contributed by atoms with E-state index in [0.29, 0.717) is 38.0 Å². The summed E-state index contributed by atoms with van der Waals surface area (Å²) in [5, 5.41) is 0.689. The number of methoxy groups -OCH3 is 1. The second-order valence-electron chi connectivity index (χ2n) is 7.96. The zero-order valence-corrected chi connectivity index (χ0v) is 21.5. The molecular weight excluding hydrogens is 531 g/mol. The average molecular weight is 550 g/mol. The van der Waals surface area contributed by atoms with Gasteiger partial charge >= 0.3 is 6.03 Å². The molecule has 0 spiro atoms. The topological polar surface area (TPSA) is 59.1 Å². The van der Waals surface area contributed by atoms with Crippen molar-refractivity contribution in [3.63, 3.8) is 0 Å². The molecule has 5 rings (SSSR count).